The molecule has 2 atom stereocenters. The molecule has 2 bridgehead atoms. The number of pyridine rings is 1. The molecule has 1 amide bonds. The summed E-state index contributed by atoms with van der Waals surface area (Å²) in [5.74, 6) is 1.28. The maximum absolute atomic E-state index is 12.3. The molecular formula is C31H31ClN6O4. The SMILES string of the molecule is C=CC(=O)Nc1cc2c(Nc3ccc(OCc4ccccn4)c(Cl)c3)ncnc2cc1OCCCN1CC2CC1CO2. The van der Waals surface area contributed by atoms with E-state index in [1.165, 1.54) is 12.4 Å². The average Bonchev–Trinajstić information content (AvgIpc) is 3.64. The van der Waals surface area contributed by atoms with Crippen molar-refractivity contribution in [3.8, 4) is 11.5 Å². The summed E-state index contributed by atoms with van der Waals surface area (Å²) in [4.78, 5) is 27.9. The number of rotatable bonds is 12. The number of carbonyl (C=O) groups is 1. The predicted octanol–water partition coefficient (Wildman–Crippen LogP) is 5.37. The standard InChI is InChI=1S/C31H31ClN6O4/c1-2-30(39)37-27-14-24-26(15-29(27)40-11-5-10-38-16-23-13-22(38)18-41-23)34-19-35-31(24)36-20-7-8-28(25(32)12-20)42-17-21-6-3-4-9-33-21/h2-4,6-9,12,14-15,19,22-23H,1,5,10-11,13,16-18H2,(H,37,39)(H,34,35,36). The van der Waals surface area contributed by atoms with Crippen molar-refractivity contribution < 1.29 is 19.0 Å². The number of hydrogen-bond acceptors (Lipinski definition) is 9. The minimum atomic E-state index is -0.341. The minimum Gasteiger partial charge on any atom is -0.491 e. The van der Waals surface area contributed by atoms with Gasteiger partial charge in [-0.25, -0.2) is 9.97 Å². The molecule has 2 N–H and O–H groups in total. The van der Waals surface area contributed by atoms with Crippen LogP contribution in [0.5, 0.6) is 11.5 Å². The highest BCUT2D eigenvalue weighted by molar-refractivity contribution is 6.32. The molecule has 2 aliphatic rings. The number of anilines is 3. The highest BCUT2D eigenvalue weighted by atomic mass is 35.5. The molecule has 4 aromatic rings. The lowest BCUT2D eigenvalue weighted by molar-refractivity contribution is -0.111. The predicted molar refractivity (Wildman–Crippen MR) is 161 cm³/mol. The molecule has 4 heterocycles. The Morgan fingerprint density at radius 1 is 1.14 bits per heavy atom. The largest absolute Gasteiger partial charge is 0.491 e. The van der Waals surface area contributed by atoms with E-state index in [0.717, 1.165) is 38.2 Å². The summed E-state index contributed by atoms with van der Waals surface area (Å²) < 4.78 is 17.7. The summed E-state index contributed by atoms with van der Waals surface area (Å²) in [6, 6.07) is 15.2. The third kappa shape index (κ3) is 6.46. The first-order valence-electron chi connectivity index (χ1n) is 13.9. The van der Waals surface area contributed by atoms with Crippen molar-refractivity contribution in [3.63, 3.8) is 0 Å². The van der Waals surface area contributed by atoms with Crippen molar-refractivity contribution >= 4 is 45.6 Å². The van der Waals surface area contributed by atoms with Crippen molar-refractivity contribution in [1.82, 2.24) is 19.9 Å². The fourth-order valence-corrected chi connectivity index (χ4v) is 5.49. The van der Waals surface area contributed by atoms with E-state index in [-0.39, 0.29) is 5.91 Å². The molecule has 2 aromatic heterocycles. The van der Waals surface area contributed by atoms with Gasteiger partial charge in [-0.3, -0.25) is 14.7 Å². The summed E-state index contributed by atoms with van der Waals surface area (Å²) in [6.45, 7) is 7.13. The van der Waals surface area contributed by atoms with Crippen LogP contribution in [-0.2, 0) is 16.1 Å². The number of nitrogens with zero attached hydrogens (tertiary/aromatic N) is 4. The minimum absolute atomic E-state index is 0.307. The van der Waals surface area contributed by atoms with E-state index in [1.807, 2.05) is 30.3 Å². The maximum atomic E-state index is 12.3. The van der Waals surface area contributed by atoms with Crippen LogP contribution in [0, 0.1) is 0 Å². The molecule has 2 saturated heterocycles. The molecule has 0 aliphatic carbocycles. The van der Waals surface area contributed by atoms with Gasteiger partial charge in [0.05, 0.1) is 41.2 Å². The highest BCUT2D eigenvalue weighted by Gasteiger charge is 2.38. The third-order valence-electron chi connectivity index (χ3n) is 7.34. The summed E-state index contributed by atoms with van der Waals surface area (Å²) in [6.07, 6.45) is 6.77. The lowest BCUT2D eigenvalue weighted by Crippen LogP contribution is -2.37. The second-order valence-electron chi connectivity index (χ2n) is 10.2. The van der Waals surface area contributed by atoms with Gasteiger partial charge in [0.25, 0.3) is 0 Å². The summed E-state index contributed by atoms with van der Waals surface area (Å²) in [5.41, 5.74) is 2.69. The van der Waals surface area contributed by atoms with E-state index in [9.17, 15) is 4.79 Å². The van der Waals surface area contributed by atoms with Crippen molar-refractivity contribution in [1.29, 1.82) is 0 Å². The van der Waals surface area contributed by atoms with Crippen LogP contribution >= 0.6 is 11.6 Å². The summed E-state index contributed by atoms with van der Waals surface area (Å²) >= 11 is 6.52. The van der Waals surface area contributed by atoms with Gasteiger partial charge < -0.3 is 24.8 Å². The van der Waals surface area contributed by atoms with Crippen LogP contribution in [0.25, 0.3) is 10.9 Å². The Balaban J connectivity index is 1.16. The van der Waals surface area contributed by atoms with Crippen LogP contribution in [-0.4, -0.2) is 64.2 Å². The Hall–Kier alpha value is -4.25. The number of fused-ring (bicyclic) bond motifs is 3. The van der Waals surface area contributed by atoms with Gasteiger partial charge in [0, 0.05) is 42.5 Å². The molecule has 6 rings (SSSR count). The molecule has 216 valence electrons. The normalized spacial score (nSPS) is 17.7. The molecule has 42 heavy (non-hydrogen) atoms. The van der Waals surface area contributed by atoms with Crippen molar-refractivity contribution in [2.45, 2.75) is 31.6 Å². The maximum Gasteiger partial charge on any atom is 0.247 e. The van der Waals surface area contributed by atoms with Gasteiger partial charge in [-0.05, 0) is 55.3 Å². The Labute approximate surface area is 248 Å². The molecule has 0 radical (unpaired) electrons. The number of likely N-dealkylation sites (tertiary alicyclic amines) is 1. The number of aromatic nitrogens is 3. The van der Waals surface area contributed by atoms with Gasteiger partial charge in [-0.15, -0.1) is 0 Å². The second-order valence-corrected chi connectivity index (χ2v) is 10.6. The Kier molecular flexibility index (Phi) is 8.45. The molecule has 10 nitrogen and oxygen atoms in total. The number of hydrogen-bond donors (Lipinski definition) is 2. The Bertz CT molecular complexity index is 1590. The highest BCUT2D eigenvalue weighted by Crippen LogP contribution is 2.35. The average molecular weight is 587 g/mol. The topological polar surface area (TPSA) is 111 Å². The van der Waals surface area contributed by atoms with E-state index in [1.54, 1.807) is 24.4 Å². The van der Waals surface area contributed by atoms with Crippen molar-refractivity contribution in [3.05, 3.63) is 84.4 Å². The molecule has 0 saturated carbocycles. The quantitative estimate of drug-likeness (QED) is 0.167. The number of morpholine rings is 1. The number of amides is 1. The van der Waals surface area contributed by atoms with Gasteiger partial charge in [0.1, 0.15) is 30.3 Å². The number of halogens is 1. The van der Waals surface area contributed by atoms with Gasteiger partial charge in [-0.2, -0.15) is 0 Å². The molecule has 11 heteroatoms. The van der Waals surface area contributed by atoms with Gasteiger partial charge in [0.15, 0.2) is 0 Å². The summed E-state index contributed by atoms with van der Waals surface area (Å²) in [5, 5.41) is 7.30. The summed E-state index contributed by atoms with van der Waals surface area (Å²) in [7, 11) is 0. The molecule has 2 unspecified atom stereocenters. The number of nitrogens with one attached hydrogen (secondary N) is 2. The van der Waals surface area contributed by atoms with E-state index in [4.69, 9.17) is 25.8 Å². The van der Waals surface area contributed by atoms with E-state index < -0.39 is 0 Å². The van der Waals surface area contributed by atoms with Crippen LogP contribution in [0.2, 0.25) is 5.02 Å². The van der Waals surface area contributed by atoms with Gasteiger partial charge in [-0.1, -0.05) is 24.2 Å². The zero-order chi connectivity index (χ0) is 28.9. The molecule has 2 aromatic carbocycles. The lowest BCUT2D eigenvalue weighted by atomic mass is 10.1. The van der Waals surface area contributed by atoms with Crippen LogP contribution in [0.3, 0.4) is 0 Å². The van der Waals surface area contributed by atoms with Gasteiger partial charge in [0.2, 0.25) is 5.91 Å². The van der Waals surface area contributed by atoms with Crippen LogP contribution < -0.4 is 20.1 Å². The van der Waals surface area contributed by atoms with E-state index >= 15 is 0 Å². The van der Waals surface area contributed by atoms with Crippen LogP contribution in [0.1, 0.15) is 18.5 Å². The van der Waals surface area contributed by atoms with Crippen molar-refractivity contribution in [2.24, 2.45) is 0 Å². The molecule has 2 aliphatic heterocycles. The Morgan fingerprint density at radius 3 is 2.83 bits per heavy atom. The molecule has 2 fully saturated rings. The first kappa shape index (κ1) is 27.9. The zero-order valence-electron chi connectivity index (χ0n) is 23.0. The van der Waals surface area contributed by atoms with E-state index in [0.29, 0.717) is 70.0 Å². The number of ether oxygens (including phenoxy) is 3. The van der Waals surface area contributed by atoms with Crippen molar-refractivity contribution in [2.75, 3.05) is 36.9 Å². The molecule has 0 spiro atoms. The number of benzene rings is 2. The zero-order valence-corrected chi connectivity index (χ0v) is 23.7. The smallest absolute Gasteiger partial charge is 0.247 e. The Morgan fingerprint density at radius 2 is 2.07 bits per heavy atom. The van der Waals surface area contributed by atoms with Gasteiger partial charge >= 0.3 is 0 Å². The monoisotopic (exact) mass is 586 g/mol. The first-order valence-corrected chi connectivity index (χ1v) is 14.2. The number of carbonyl (C=O) groups excluding carboxylic acids is 1. The first-order chi connectivity index (χ1) is 20.6. The lowest BCUT2D eigenvalue weighted by Gasteiger charge is -2.26. The third-order valence-corrected chi connectivity index (χ3v) is 7.63. The molecular weight excluding hydrogens is 556 g/mol. The van der Waals surface area contributed by atoms with Crippen LogP contribution in [0.4, 0.5) is 17.2 Å². The second kappa shape index (κ2) is 12.7. The van der Waals surface area contributed by atoms with E-state index in [2.05, 4.69) is 37.1 Å². The fourth-order valence-electron chi connectivity index (χ4n) is 5.25. The fraction of sp³-hybridized carbons (Fsp3) is 0.290. The van der Waals surface area contributed by atoms with Crippen LogP contribution in [0.15, 0.2) is 73.7 Å².